The van der Waals surface area contributed by atoms with Gasteiger partial charge in [-0.1, -0.05) is 18.2 Å². The number of carbonyl (C=O) groups excluding carboxylic acids is 1. The lowest BCUT2D eigenvalue weighted by atomic mass is 9.89. The van der Waals surface area contributed by atoms with Gasteiger partial charge in [0.1, 0.15) is 24.3 Å². The number of likely N-dealkylation sites (tertiary alicyclic amines) is 1. The van der Waals surface area contributed by atoms with E-state index in [-0.39, 0.29) is 5.91 Å². The van der Waals surface area contributed by atoms with E-state index in [0.717, 1.165) is 110 Å². The van der Waals surface area contributed by atoms with E-state index in [1.54, 1.807) is 25.8 Å². The van der Waals surface area contributed by atoms with Crippen molar-refractivity contribution in [3.8, 4) is 22.5 Å². The molecule has 0 spiro atoms. The summed E-state index contributed by atoms with van der Waals surface area (Å²) in [5.41, 5.74) is 12.1. The Morgan fingerprint density at radius 1 is 0.609 bits per heavy atom. The highest BCUT2D eigenvalue weighted by atomic mass is 32.2. The monoisotopic (exact) mass is 941 g/mol. The van der Waals surface area contributed by atoms with Crippen molar-refractivity contribution in [3.63, 3.8) is 0 Å². The zero-order valence-electron chi connectivity index (χ0n) is 39.2. The van der Waals surface area contributed by atoms with Crippen LogP contribution in [0.4, 0.5) is 17.3 Å². The molecule has 6 aromatic heterocycles. The number of benzene rings is 2. The molecule has 1 amide bonds. The maximum atomic E-state index is 11.8. The largest absolute Gasteiger partial charge is 0.369 e. The summed E-state index contributed by atoms with van der Waals surface area (Å²) < 4.78 is 25.1. The molecule has 0 radical (unpaired) electrons. The normalized spacial score (nSPS) is 14.6. The minimum absolute atomic E-state index is 0.165. The van der Waals surface area contributed by atoms with Gasteiger partial charge in [0.05, 0.1) is 28.7 Å². The van der Waals surface area contributed by atoms with Gasteiger partial charge in [0, 0.05) is 123 Å². The van der Waals surface area contributed by atoms with Crippen LogP contribution in [0.25, 0.3) is 44.3 Å². The van der Waals surface area contributed by atoms with Crippen molar-refractivity contribution >= 4 is 55.1 Å². The third-order valence-electron chi connectivity index (χ3n) is 12.7. The molecule has 69 heavy (non-hydrogen) atoms. The number of carbonyl (C=O) groups is 1. The summed E-state index contributed by atoms with van der Waals surface area (Å²) in [5, 5.41) is 8.79. The van der Waals surface area contributed by atoms with Crippen LogP contribution in [0.1, 0.15) is 53.8 Å². The quantitative estimate of drug-likeness (QED) is 0.128. The summed E-state index contributed by atoms with van der Waals surface area (Å²) in [6.45, 7) is 10.7. The summed E-state index contributed by atoms with van der Waals surface area (Å²) in [6.07, 6.45) is 13.8. The molecule has 8 heterocycles. The van der Waals surface area contributed by atoms with Crippen LogP contribution in [0.2, 0.25) is 0 Å². The van der Waals surface area contributed by atoms with Crippen molar-refractivity contribution in [2.75, 3.05) is 61.1 Å². The number of rotatable bonds is 11. The first-order chi connectivity index (χ1) is 33.4. The van der Waals surface area contributed by atoms with E-state index in [1.165, 1.54) is 16.1 Å². The Kier molecular flexibility index (Phi) is 14.0. The van der Waals surface area contributed by atoms with Crippen molar-refractivity contribution in [2.24, 2.45) is 0 Å². The second-order valence-corrected chi connectivity index (χ2v) is 19.5. The molecule has 0 unspecified atom stereocenters. The molecular weight excluding hydrogens is 887 g/mol. The smallest absolute Gasteiger partial charge is 0.219 e. The molecule has 0 bridgehead atoms. The number of nitrogens with zero attached hydrogens (tertiary/aromatic N) is 11. The maximum absolute atomic E-state index is 11.8. The average molecular weight is 942 g/mol. The third kappa shape index (κ3) is 11.4. The predicted octanol–water partition coefficient (Wildman–Crippen LogP) is 7.82. The van der Waals surface area contributed by atoms with Gasteiger partial charge in [-0.3, -0.25) is 24.7 Å². The Hall–Kier alpha value is -7.50. The van der Waals surface area contributed by atoms with Gasteiger partial charge in [-0.25, -0.2) is 28.4 Å². The number of hydrogen-bond donors (Lipinski definition) is 2. The van der Waals surface area contributed by atoms with E-state index >= 15 is 0 Å². The Labute approximate surface area is 402 Å². The van der Waals surface area contributed by atoms with E-state index in [4.69, 9.17) is 0 Å². The van der Waals surface area contributed by atoms with E-state index in [0.29, 0.717) is 45.2 Å². The first-order valence-electron chi connectivity index (χ1n) is 23.1. The molecule has 2 aromatic carbocycles. The molecule has 2 aliphatic rings. The van der Waals surface area contributed by atoms with Crippen LogP contribution in [0.5, 0.6) is 0 Å². The topological polar surface area (TPSA) is 188 Å². The number of fused-ring (bicyclic) bond motifs is 2. The zero-order valence-corrected chi connectivity index (χ0v) is 40.1. The van der Waals surface area contributed by atoms with E-state index in [1.807, 2.05) is 91.9 Å². The number of amides is 1. The number of piperazine rings is 1. The van der Waals surface area contributed by atoms with Crippen LogP contribution >= 0.6 is 0 Å². The molecule has 2 N–H and O–H groups in total. The van der Waals surface area contributed by atoms with Gasteiger partial charge in [0.25, 0.3) is 0 Å². The number of hydrogen-bond acceptors (Lipinski definition) is 14. The van der Waals surface area contributed by atoms with Gasteiger partial charge in [-0.15, -0.1) is 0 Å². The average Bonchev–Trinajstić information content (AvgIpc) is 3.37. The van der Waals surface area contributed by atoms with E-state index in [9.17, 15) is 13.2 Å². The third-order valence-corrected chi connectivity index (χ3v) is 14.0. The summed E-state index contributed by atoms with van der Waals surface area (Å²) in [6, 6.07) is 28.7. The first-order valence-corrected chi connectivity index (χ1v) is 25.0. The fraction of sp³-hybridized carbons (Fsp3) is 0.288. The second-order valence-electron chi connectivity index (χ2n) is 17.5. The summed E-state index contributed by atoms with van der Waals surface area (Å²) in [4.78, 5) is 51.3. The van der Waals surface area contributed by atoms with Crippen LogP contribution < -0.4 is 15.5 Å². The molecule has 17 heteroatoms. The van der Waals surface area contributed by atoms with Crippen LogP contribution in [0.3, 0.4) is 0 Å². The van der Waals surface area contributed by atoms with Crippen LogP contribution in [0.15, 0.2) is 122 Å². The Morgan fingerprint density at radius 3 is 1.64 bits per heavy atom. The van der Waals surface area contributed by atoms with Gasteiger partial charge >= 0.3 is 0 Å². The van der Waals surface area contributed by atoms with Crippen molar-refractivity contribution in [2.45, 2.75) is 52.6 Å². The molecule has 2 saturated heterocycles. The molecule has 2 aliphatic heterocycles. The maximum Gasteiger partial charge on any atom is 0.219 e. The van der Waals surface area contributed by atoms with E-state index in [2.05, 4.69) is 85.7 Å². The zero-order chi connectivity index (χ0) is 47.9. The van der Waals surface area contributed by atoms with Gasteiger partial charge in [0.15, 0.2) is 0 Å². The number of sulfonamides is 1. The molecule has 10 rings (SSSR count). The second kappa shape index (κ2) is 20.8. The fourth-order valence-corrected chi connectivity index (χ4v) is 9.67. The number of aryl methyl sites for hydroxylation is 2. The summed E-state index contributed by atoms with van der Waals surface area (Å²) in [7, 11) is -3.15. The molecule has 2 fully saturated rings. The Bertz CT molecular complexity index is 3190. The van der Waals surface area contributed by atoms with Crippen molar-refractivity contribution in [3.05, 3.63) is 150 Å². The van der Waals surface area contributed by atoms with Crippen LogP contribution in [-0.4, -0.2) is 109 Å². The van der Waals surface area contributed by atoms with Gasteiger partial charge in [-0.05, 0) is 116 Å². The molecular formula is C52H55N13O3S. The highest BCUT2D eigenvalue weighted by molar-refractivity contribution is 7.88. The Balaban J connectivity index is 0.000000172. The van der Waals surface area contributed by atoms with Crippen LogP contribution in [0, 0.1) is 13.8 Å². The molecule has 352 valence electrons. The van der Waals surface area contributed by atoms with Gasteiger partial charge < -0.3 is 20.4 Å². The molecule has 0 atom stereocenters. The molecule has 0 aliphatic carbocycles. The van der Waals surface area contributed by atoms with Gasteiger partial charge in [0.2, 0.25) is 15.9 Å². The lowest BCUT2D eigenvalue weighted by molar-refractivity contribution is -0.129. The predicted molar refractivity (Wildman–Crippen MR) is 271 cm³/mol. The van der Waals surface area contributed by atoms with E-state index < -0.39 is 10.0 Å². The molecule has 8 aromatic rings. The highest BCUT2D eigenvalue weighted by Gasteiger charge is 2.25. The first kappa shape index (κ1) is 46.6. The van der Waals surface area contributed by atoms with Crippen LogP contribution in [-0.2, 0) is 27.9 Å². The molecule has 16 nitrogen and oxygen atoms in total. The number of aromatic nitrogens is 8. The number of nitrogens with one attached hydrogen (secondary N) is 2. The summed E-state index contributed by atoms with van der Waals surface area (Å²) >= 11 is 0. The Morgan fingerprint density at radius 2 is 1.14 bits per heavy atom. The standard InChI is InChI=1S/C27H28N6O.C25H27N7O2S/c1-18-13-23(7-10-28-18)25-6-3-20(15-29-25)16-30-27-24-5-4-22(14-26(24)31-17-32-27)21-8-11-33(12-9-21)19(2)34;1-18-13-20(7-8-26-18)23-6-3-19(15-27-23)16-28-25-22-5-4-21(14-24(22)29-17-30-25)31-9-11-32(12-10-31)35(2,33)34/h3-7,10,13-15,17,21H,8-9,11-12,16H2,1-2H3,(H,30,31,32);3-8,13-15,17H,9-12,16H2,1-2H3,(H,28,29,30). The number of piperidine rings is 1. The van der Waals surface area contributed by atoms with Crippen molar-refractivity contribution < 1.29 is 13.2 Å². The van der Waals surface area contributed by atoms with Crippen molar-refractivity contribution in [1.29, 1.82) is 0 Å². The minimum atomic E-state index is -3.15. The lowest BCUT2D eigenvalue weighted by Crippen LogP contribution is -2.48. The molecule has 0 saturated carbocycles. The number of anilines is 3. The SMILES string of the molecule is CC(=O)N1CCC(c2ccc3c(NCc4ccc(-c5ccnc(C)c5)nc4)ncnc3c2)CC1.Cc1cc(-c2ccc(CNc3ncnc4cc(N5CCN(S(C)(=O)=O)CC5)ccc34)cn2)ccn1. The summed E-state index contributed by atoms with van der Waals surface area (Å²) in [5.74, 6) is 2.20. The fourth-order valence-electron chi connectivity index (χ4n) is 8.84. The highest BCUT2D eigenvalue weighted by Crippen LogP contribution is 2.32. The van der Waals surface area contributed by atoms with Crippen molar-refractivity contribution in [1.82, 2.24) is 49.1 Å². The minimum Gasteiger partial charge on any atom is -0.369 e. The van der Waals surface area contributed by atoms with Gasteiger partial charge in [-0.2, -0.15) is 4.31 Å². The number of pyridine rings is 4. The lowest BCUT2D eigenvalue weighted by Gasteiger charge is -2.34.